The third kappa shape index (κ3) is 2.70. The summed E-state index contributed by atoms with van der Waals surface area (Å²) >= 11 is 6.07. The van der Waals surface area contributed by atoms with Crippen molar-refractivity contribution < 1.29 is 9.53 Å². The summed E-state index contributed by atoms with van der Waals surface area (Å²) in [5.74, 6) is 0. The predicted octanol–water partition coefficient (Wildman–Crippen LogP) is 3.95. The highest BCUT2D eigenvalue weighted by molar-refractivity contribution is 6.31. The number of nitrogens with two attached hydrogens (primary N) is 1. The van der Waals surface area contributed by atoms with Crippen molar-refractivity contribution in [3.05, 3.63) is 22.7 Å². The fraction of sp³-hybridized carbons (Fsp3) is 0.533. The van der Waals surface area contributed by atoms with Crippen molar-refractivity contribution in [2.45, 2.75) is 45.6 Å². The fourth-order valence-electron chi connectivity index (χ4n) is 2.47. The lowest BCUT2D eigenvalue weighted by Gasteiger charge is -2.26. The summed E-state index contributed by atoms with van der Waals surface area (Å²) in [6, 6.07) is 3.54. The number of rotatable bonds is 0. The van der Waals surface area contributed by atoms with Gasteiger partial charge in [-0.25, -0.2) is 4.79 Å². The molecule has 2 rings (SSSR count). The number of halogens is 1. The molecule has 1 aromatic carbocycles. The van der Waals surface area contributed by atoms with E-state index in [1.165, 1.54) is 0 Å². The van der Waals surface area contributed by atoms with E-state index in [-0.39, 0.29) is 11.5 Å². The Kier molecular flexibility index (Phi) is 3.41. The van der Waals surface area contributed by atoms with Crippen LogP contribution in [0.2, 0.25) is 5.02 Å². The molecule has 1 amide bonds. The van der Waals surface area contributed by atoms with Crippen LogP contribution < -0.4 is 10.6 Å². The molecule has 0 aromatic heterocycles. The number of carbonyl (C=O) groups is 1. The Labute approximate surface area is 124 Å². The largest absolute Gasteiger partial charge is 0.443 e. The first-order chi connectivity index (χ1) is 9.01. The minimum atomic E-state index is -0.537. The van der Waals surface area contributed by atoms with E-state index >= 15 is 0 Å². The SMILES string of the molecule is CC(C)(C)OC(=O)N1CC(C)(C)c2cc(Cl)cc(N)c21. The minimum Gasteiger partial charge on any atom is -0.443 e. The molecule has 1 aliphatic rings. The van der Waals surface area contributed by atoms with Crippen LogP contribution in [0.4, 0.5) is 16.2 Å². The number of fused-ring (bicyclic) bond motifs is 1. The molecule has 1 aliphatic heterocycles. The van der Waals surface area contributed by atoms with Crippen LogP contribution in [0.3, 0.4) is 0 Å². The second-order valence-corrected chi connectivity index (χ2v) is 7.28. The zero-order valence-corrected chi connectivity index (χ0v) is 13.3. The Morgan fingerprint density at radius 3 is 2.55 bits per heavy atom. The third-order valence-corrected chi connectivity index (χ3v) is 3.49. The van der Waals surface area contributed by atoms with Gasteiger partial charge in [0.2, 0.25) is 0 Å². The van der Waals surface area contributed by atoms with Gasteiger partial charge in [-0.15, -0.1) is 0 Å². The first-order valence-electron chi connectivity index (χ1n) is 6.61. The van der Waals surface area contributed by atoms with Gasteiger partial charge in [0, 0.05) is 17.0 Å². The molecule has 110 valence electrons. The van der Waals surface area contributed by atoms with E-state index in [1.807, 2.05) is 26.8 Å². The molecule has 0 aliphatic carbocycles. The number of nitrogen functional groups attached to an aromatic ring is 1. The molecule has 4 nitrogen and oxygen atoms in total. The molecule has 0 atom stereocenters. The van der Waals surface area contributed by atoms with Crippen molar-refractivity contribution in [1.82, 2.24) is 0 Å². The highest BCUT2D eigenvalue weighted by Crippen LogP contribution is 2.45. The van der Waals surface area contributed by atoms with Crippen molar-refractivity contribution in [3.8, 4) is 0 Å². The second kappa shape index (κ2) is 4.55. The number of hydrogen-bond donors (Lipinski definition) is 1. The zero-order chi connectivity index (χ0) is 15.3. The standard InChI is InChI=1S/C15H21ClN2O2/c1-14(2,3)20-13(19)18-8-15(4,5)10-6-9(16)7-11(17)12(10)18/h6-7H,8,17H2,1-5H3. The molecule has 1 aromatic rings. The van der Waals surface area contributed by atoms with Crippen LogP contribution in [-0.2, 0) is 10.2 Å². The lowest BCUT2D eigenvalue weighted by molar-refractivity contribution is 0.0579. The molecular weight excluding hydrogens is 276 g/mol. The number of carbonyl (C=O) groups excluding carboxylic acids is 1. The number of amides is 1. The van der Waals surface area contributed by atoms with Crippen LogP contribution >= 0.6 is 11.6 Å². The van der Waals surface area contributed by atoms with Crippen LogP contribution in [0.15, 0.2) is 12.1 Å². The Bertz CT molecular complexity index is 562. The summed E-state index contributed by atoms with van der Waals surface area (Å²) in [5, 5.41) is 0.584. The smallest absolute Gasteiger partial charge is 0.414 e. The Morgan fingerprint density at radius 1 is 1.40 bits per heavy atom. The van der Waals surface area contributed by atoms with Crippen LogP contribution in [0.1, 0.15) is 40.2 Å². The van der Waals surface area contributed by atoms with Crippen molar-refractivity contribution in [2.24, 2.45) is 0 Å². The number of hydrogen-bond acceptors (Lipinski definition) is 3. The van der Waals surface area contributed by atoms with E-state index in [4.69, 9.17) is 22.1 Å². The van der Waals surface area contributed by atoms with Gasteiger partial charge in [-0.2, -0.15) is 0 Å². The summed E-state index contributed by atoms with van der Waals surface area (Å²) in [6.45, 7) is 10.2. The Hall–Kier alpha value is -1.42. The van der Waals surface area contributed by atoms with Crippen molar-refractivity contribution in [2.75, 3.05) is 17.2 Å². The fourth-order valence-corrected chi connectivity index (χ4v) is 2.70. The summed E-state index contributed by atoms with van der Waals surface area (Å²) in [7, 11) is 0. The molecule has 0 unspecified atom stereocenters. The van der Waals surface area contributed by atoms with Crippen LogP contribution in [0.5, 0.6) is 0 Å². The molecule has 0 radical (unpaired) electrons. The van der Waals surface area contributed by atoms with Gasteiger partial charge in [-0.1, -0.05) is 25.4 Å². The zero-order valence-electron chi connectivity index (χ0n) is 12.6. The molecule has 0 bridgehead atoms. The monoisotopic (exact) mass is 296 g/mol. The van der Waals surface area contributed by atoms with E-state index in [0.717, 1.165) is 5.56 Å². The lowest BCUT2D eigenvalue weighted by Crippen LogP contribution is -2.38. The van der Waals surface area contributed by atoms with Crippen molar-refractivity contribution in [3.63, 3.8) is 0 Å². The average molecular weight is 297 g/mol. The maximum atomic E-state index is 12.4. The number of ether oxygens (including phenoxy) is 1. The minimum absolute atomic E-state index is 0.203. The second-order valence-electron chi connectivity index (χ2n) is 6.84. The van der Waals surface area contributed by atoms with Crippen molar-refractivity contribution in [1.29, 1.82) is 0 Å². The van der Waals surface area contributed by atoms with Gasteiger partial charge < -0.3 is 10.5 Å². The topological polar surface area (TPSA) is 55.6 Å². The highest BCUT2D eigenvalue weighted by Gasteiger charge is 2.41. The molecule has 0 saturated heterocycles. The first kappa shape index (κ1) is 15.0. The first-order valence-corrected chi connectivity index (χ1v) is 6.99. The molecule has 0 fully saturated rings. The van der Waals surface area contributed by atoms with Crippen LogP contribution in [0, 0.1) is 0 Å². The van der Waals surface area contributed by atoms with Crippen LogP contribution in [0.25, 0.3) is 0 Å². The molecule has 0 saturated carbocycles. The summed E-state index contributed by atoms with van der Waals surface area (Å²) in [4.78, 5) is 14.0. The number of benzene rings is 1. The van der Waals surface area contributed by atoms with Gasteiger partial charge >= 0.3 is 6.09 Å². The quantitative estimate of drug-likeness (QED) is 0.737. The van der Waals surface area contributed by atoms with E-state index in [9.17, 15) is 4.79 Å². The van der Waals surface area contributed by atoms with E-state index < -0.39 is 5.60 Å². The van der Waals surface area contributed by atoms with E-state index in [1.54, 1.807) is 11.0 Å². The average Bonchev–Trinajstić information content (AvgIpc) is 2.49. The van der Waals surface area contributed by atoms with Gasteiger partial charge in [0.15, 0.2) is 0 Å². The highest BCUT2D eigenvalue weighted by atomic mass is 35.5. The lowest BCUT2D eigenvalue weighted by atomic mass is 9.87. The molecule has 0 spiro atoms. The summed E-state index contributed by atoms with van der Waals surface area (Å²) < 4.78 is 5.46. The Balaban J connectivity index is 2.45. The third-order valence-electron chi connectivity index (χ3n) is 3.27. The van der Waals surface area contributed by atoms with E-state index in [0.29, 0.717) is 22.9 Å². The van der Waals surface area contributed by atoms with Gasteiger partial charge in [-0.05, 0) is 38.5 Å². The van der Waals surface area contributed by atoms with Gasteiger partial charge in [0.1, 0.15) is 5.60 Å². The molecular formula is C15H21ClN2O2. The van der Waals surface area contributed by atoms with Crippen molar-refractivity contribution >= 4 is 29.1 Å². The van der Waals surface area contributed by atoms with Gasteiger partial charge in [-0.3, -0.25) is 4.90 Å². The number of nitrogens with zero attached hydrogens (tertiary/aromatic N) is 1. The van der Waals surface area contributed by atoms with Gasteiger partial charge in [0.25, 0.3) is 0 Å². The Morgan fingerprint density at radius 2 is 2.00 bits per heavy atom. The molecule has 1 heterocycles. The van der Waals surface area contributed by atoms with E-state index in [2.05, 4.69) is 13.8 Å². The molecule has 5 heteroatoms. The summed E-state index contributed by atoms with van der Waals surface area (Å²) in [5.41, 5.74) is 7.51. The normalized spacial score (nSPS) is 17.0. The number of anilines is 2. The summed E-state index contributed by atoms with van der Waals surface area (Å²) in [6.07, 6.45) is -0.377. The predicted molar refractivity (Wildman–Crippen MR) is 82.5 cm³/mol. The maximum absolute atomic E-state index is 12.4. The van der Waals surface area contributed by atoms with Crippen LogP contribution in [-0.4, -0.2) is 18.2 Å². The maximum Gasteiger partial charge on any atom is 0.414 e. The molecule has 2 N–H and O–H groups in total. The van der Waals surface area contributed by atoms with Gasteiger partial charge in [0.05, 0.1) is 11.4 Å². The molecule has 20 heavy (non-hydrogen) atoms.